The van der Waals surface area contributed by atoms with Crippen molar-refractivity contribution in [2.45, 2.75) is 20.3 Å². The van der Waals surface area contributed by atoms with Crippen molar-refractivity contribution >= 4 is 16.7 Å². The Bertz CT molecular complexity index is 795. The van der Waals surface area contributed by atoms with E-state index in [-0.39, 0.29) is 5.78 Å². The number of hydrogen-bond acceptors (Lipinski definition) is 2. The predicted octanol–water partition coefficient (Wildman–Crippen LogP) is 4.28. The fraction of sp³-hybridized carbons (Fsp3) is 0.158. The molecule has 0 fully saturated rings. The highest BCUT2D eigenvalue weighted by Gasteiger charge is 2.11. The third kappa shape index (κ3) is 2.84. The molecule has 104 valence electrons. The van der Waals surface area contributed by atoms with Gasteiger partial charge in [0.1, 0.15) is 0 Å². The normalized spacial score (nSPS) is 10.8. The van der Waals surface area contributed by atoms with E-state index in [0.29, 0.717) is 6.42 Å². The van der Waals surface area contributed by atoms with Crippen LogP contribution >= 0.6 is 0 Å². The fourth-order valence-electron chi connectivity index (χ4n) is 2.80. The third-order valence-corrected chi connectivity index (χ3v) is 3.59. The lowest BCUT2D eigenvalue weighted by Gasteiger charge is -2.07. The van der Waals surface area contributed by atoms with Crippen LogP contribution in [0.15, 0.2) is 54.7 Å². The van der Waals surface area contributed by atoms with E-state index in [4.69, 9.17) is 0 Å². The molecule has 0 aliphatic rings. The summed E-state index contributed by atoms with van der Waals surface area (Å²) in [6.45, 7) is 4.12. The molecule has 0 atom stereocenters. The van der Waals surface area contributed by atoms with Crippen LogP contribution in [0.2, 0.25) is 0 Å². The van der Waals surface area contributed by atoms with Crippen LogP contribution < -0.4 is 0 Å². The first-order chi connectivity index (χ1) is 10.1. The number of fused-ring (bicyclic) bond motifs is 1. The quantitative estimate of drug-likeness (QED) is 0.668. The highest BCUT2D eigenvalue weighted by atomic mass is 16.1. The van der Waals surface area contributed by atoms with Gasteiger partial charge in [-0.15, -0.1) is 0 Å². The Kier molecular flexibility index (Phi) is 3.53. The van der Waals surface area contributed by atoms with E-state index in [2.05, 4.69) is 37.0 Å². The Labute approximate surface area is 124 Å². The van der Waals surface area contributed by atoms with E-state index in [1.165, 1.54) is 11.1 Å². The van der Waals surface area contributed by atoms with E-state index in [1.807, 2.05) is 30.3 Å². The molecule has 0 saturated carbocycles. The van der Waals surface area contributed by atoms with Crippen molar-refractivity contribution in [3.05, 3.63) is 77.0 Å². The van der Waals surface area contributed by atoms with Gasteiger partial charge in [0.25, 0.3) is 0 Å². The number of rotatable bonds is 3. The van der Waals surface area contributed by atoms with Crippen molar-refractivity contribution in [2.24, 2.45) is 0 Å². The average Bonchev–Trinajstić information content (AvgIpc) is 2.45. The van der Waals surface area contributed by atoms with Crippen molar-refractivity contribution in [2.75, 3.05) is 0 Å². The molecular weight excluding hydrogens is 258 g/mol. The van der Waals surface area contributed by atoms with E-state index >= 15 is 0 Å². The maximum atomic E-state index is 12.6. The number of benzene rings is 2. The molecule has 21 heavy (non-hydrogen) atoms. The molecule has 1 aromatic heterocycles. The summed E-state index contributed by atoms with van der Waals surface area (Å²) in [6.07, 6.45) is 2.18. The molecule has 0 amide bonds. The van der Waals surface area contributed by atoms with Gasteiger partial charge in [-0.05, 0) is 31.5 Å². The van der Waals surface area contributed by atoms with Gasteiger partial charge in [0.15, 0.2) is 5.78 Å². The molecule has 0 aliphatic heterocycles. The van der Waals surface area contributed by atoms with Crippen molar-refractivity contribution in [3.8, 4) is 0 Å². The zero-order valence-corrected chi connectivity index (χ0v) is 12.3. The van der Waals surface area contributed by atoms with E-state index in [1.54, 1.807) is 6.20 Å². The molecule has 2 aromatic carbocycles. The van der Waals surface area contributed by atoms with Gasteiger partial charge < -0.3 is 0 Å². The molecule has 2 nitrogen and oxygen atoms in total. The summed E-state index contributed by atoms with van der Waals surface area (Å²) in [6, 6.07) is 15.8. The third-order valence-electron chi connectivity index (χ3n) is 3.59. The number of hydrogen-bond donors (Lipinski definition) is 0. The molecule has 0 unspecified atom stereocenters. The van der Waals surface area contributed by atoms with Gasteiger partial charge in [-0.3, -0.25) is 9.78 Å². The summed E-state index contributed by atoms with van der Waals surface area (Å²) in [4.78, 5) is 16.9. The van der Waals surface area contributed by atoms with Gasteiger partial charge in [-0.2, -0.15) is 0 Å². The van der Waals surface area contributed by atoms with Gasteiger partial charge in [0.05, 0.1) is 5.52 Å². The Morgan fingerprint density at radius 3 is 2.52 bits per heavy atom. The average molecular weight is 275 g/mol. The number of pyridine rings is 1. The molecule has 0 bridgehead atoms. The van der Waals surface area contributed by atoms with Crippen molar-refractivity contribution in [1.29, 1.82) is 0 Å². The number of nitrogens with zero attached hydrogens (tertiary/aromatic N) is 1. The van der Waals surface area contributed by atoms with Gasteiger partial charge in [-0.25, -0.2) is 0 Å². The smallest absolute Gasteiger partial charge is 0.167 e. The summed E-state index contributed by atoms with van der Waals surface area (Å²) in [5, 5.41) is 0.925. The summed E-state index contributed by atoms with van der Waals surface area (Å²) in [5.74, 6) is 0.138. The minimum Gasteiger partial charge on any atom is -0.294 e. The molecule has 0 spiro atoms. The van der Waals surface area contributed by atoms with Crippen LogP contribution in [-0.2, 0) is 6.42 Å². The maximum Gasteiger partial charge on any atom is 0.167 e. The molecule has 2 heteroatoms. The van der Waals surface area contributed by atoms with E-state index < -0.39 is 0 Å². The molecule has 0 saturated heterocycles. The molecule has 0 radical (unpaired) electrons. The largest absolute Gasteiger partial charge is 0.294 e. The van der Waals surface area contributed by atoms with Gasteiger partial charge >= 0.3 is 0 Å². The van der Waals surface area contributed by atoms with Gasteiger partial charge in [-0.1, -0.05) is 47.5 Å². The first kappa shape index (κ1) is 13.5. The zero-order valence-electron chi connectivity index (χ0n) is 12.3. The summed E-state index contributed by atoms with van der Waals surface area (Å²) in [7, 11) is 0. The Hall–Kier alpha value is -2.48. The van der Waals surface area contributed by atoms with Crippen LogP contribution in [0, 0.1) is 13.8 Å². The van der Waals surface area contributed by atoms with Gasteiger partial charge in [0.2, 0.25) is 0 Å². The first-order valence-corrected chi connectivity index (χ1v) is 7.07. The lowest BCUT2D eigenvalue weighted by Crippen LogP contribution is -2.05. The van der Waals surface area contributed by atoms with Crippen LogP contribution in [0.1, 0.15) is 27.0 Å². The summed E-state index contributed by atoms with van der Waals surface area (Å²) in [5.41, 5.74) is 5.07. The second-order valence-corrected chi connectivity index (χ2v) is 5.47. The summed E-state index contributed by atoms with van der Waals surface area (Å²) >= 11 is 0. The van der Waals surface area contributed by atoms with Crippen LogP contribution in [0.25, 0.3) is 10.9 Å². The van der Waals surface area contributed by atoms with Crippen molar-refractivity contribution in [3.63, 3.8) is 0 Å². The van der Waals surface area contributed by atoms with E-state index in [0.717, 1.165) is 22.0 Å². The second-order valence-electron chi connectivity index (χ2n) is 5.47. The maximum absolute atomic E-state index is 12.6. The minimum absolute atomic E-state index is 0.138. The molecular formula is C19H17NO. The Morgan fingerprint density at radius 1 is 1.00 bits per heavy atom. The number of carbonyl (C=O) groups is 1. The number of ketones is 1. The van der Waals surface area contributed by atoms with Crippen LogP contribution in [-0.4, -0.2) is 10.8 Å². The zero-order chi connectivity index (χ0) is 14.8. The monoisotopic (exact) mass is 275 g/mol. The molecule has 3 rings (SSSR count). The van der Waals surface area contributed by atoms with Crippen LogP contribution in [0.5, 0.6) is 0 Å². The van der Waals surface area contributed by atoms with Crippen LogP contribution in [0.3, 0.4) is 0 Å². The summed E-state index contributed by atoms with van der Waals surface area (Å²) < 4.78 is 0. The standard InChI is InChI=1S/C19H17NO/c1-13-9-14(2)11-15(10-13)12-19(21)17-5-3-7-18-16(17)6-4-8-20-18/h3-11H,12H2,1-2H3. The predicted molar refractivity (Wildman–Crippen MR) is 85.7 cm³/mol. The van der Waals surface area contributed by atoms with Crippen molar-refractivity contribution < 1.29 is 4.79 Å². The van der Waals surface area contributed by atoms with Gasteiger partial charge in [0, 0.05) is 23.6 Å². The Balaban J connectivity index is 1.97. The minimum atomic E-state index is 0.138. The topological polar surface area (TPSA) is 30.0 Å². The fourth-order valence-corrected chi connectivity index (χ4v) is 2.80. The molecule has 3 aromatic rings. The molecule has 0 N–H and O–H groups in total. The van der Waals surface area contributed by atoms with E-state index in [9.17, 15) is 4.79 Å². The number of aryl methyl sites for hydroxylation is 2. The number of aromatic nitrogens is 1. The second kappa shape index (κ2) is 5.49. The highest BCUT2D eigenvalue weighted by molar-refractivity contribution is 6.08. The SMILES string of the molecule is Cc1cc(C)cc(CC(=O)c2cccc3ncccc23)c1. The first-order valence-electron chi connectivity index (χ1n) is 7.07. The molecule has 1 heterocycles. The lowest BCUT2D eigenvalue weighted by atomic mass is 9.97. The lowest BCUT2D eigenvalue weighted by molar-refractivity contribution is 0.0994. The van der Waals surface area contributed by atoms with Crippen LogP contribution in [0.4, 0.5) is 0 Å². The number of Topliss-reactive ketones (excluding diaryl/α,β-unsaturated/α-hetero) is 1. The van der Waals surface area contributed by atoms with Crippen molar-refractivity contribution in [1.82, 2.24) is 4.98 Å². The Morgan fingerprint density at radius 2 is 1.76 bits per heavy atom. The molecule has 0 aliphatic carbocycles. The number of carbonyl (C=O) groups excluding carboxylic acids is 1. The highest BCUT2D eigenvalue weighted by Crippen LogP contribution is 2.19.